The number of rotatable bonds is 3. The molecular formula is C12H12ClN3O2. The van der Waals surface area contributed by atoms with Crippen molar-refractivity contribution in [2.45, 2.75) is 0 Å². The first-order valence-corrected chi connectivity index (χ1v) is 5.62. The molecule has 2 aromatic rings. The van der Waals surface area contributed by atoms with Crippen LogP contribution in [-0.4, -0.2) is 22.6 Å². The van der Waals surface area contributed by atoms with Gasteiger partial charge in [-0.15, -0.1) is 0 Å². The van der Waals surface area contributed by atoms with E-state index in [2.05, 4.69) is 10.3 Å². The minimum Gasteiger partial charge on any atom is -0.495 e. The Bertz CT molecular complexity index is 580. The van der Waals surface area contributed by atoms with Gasteiger partial charge in [-0.2, -0.15) is 0 Å². The maximum Gasteiger partial charge on any atom is 0.291 e. The van der Waals surface area contributed by atoms with Crippen LogP contribution in [0.1, 0.15) is 10.6 Å². The second-order valence-corrected chi connectivity index (χ2v) is 4.10. The largest absolute Gasteiger partial charge is 0.495 e. The van der Waals surface area contributed by atoms with Crippen molar-refractivity contribution >= 4 is 23.2 Å². The number of amides is 1. The summed E-state index contributed by atoms with van der Waals surface area (Å²) >= 11 is 5.89. The van der Waals surface area contributed by atoms with Crippen molar-refractivity contribution in [3.63, 3.8) is 0 Å². The van der Waals surface area contributed by atoms with Crippen LogP contribution in [0.25, 0.3) is 0 Å². The number of nitrogens with one attached hydrogen (secondary N) is 1. The molecule has 0 saturated carbocycles. The van der Waals surface area contributed by atoms with Gasteiger partial charge in [-0.05, 0) is 18.2 Å². The van der Waals surface area contributed by atoms with Crippen LogP contribution in [0.15, 0.2) is 30.6 Å². The molecule has 0 aliphatic rings. The van der Waals surface area contributed by atoms with Gasteiger partial charge >= 0.3 is 0 Å². The Hall–Kier alpha value is -2.01. The Balaban J connectivity index is 2.27. The molecule has 0 bridgehead atoms. The van der Waals surface area contributed by atoms with Crippen LogP contribution in [0.2, 0.25) is 5.02 Å². The van der Waals surface area contributed by atoms with Crippen molar-refractivity contribution in [1.82, 2.24) is 9.55 Å². The molecule has 0 fully saturated rings. The van der Waals surface area contributed by atoms with Crippen LogP contribution in [0.3, 0.4) is 0 Å². The van der Waals surface area contributed by atoms with E-state index in [1.807, 2.05) is 0 Å². The summed E-state index contributed by atoms with van der Waals surface area (Å²) in [6, 6.07) is 5.01. The second kappa shape index (κ2) is 5.10. The molecule has 2 rings (SSSR count). The molecule has 0 atom stereocenters. The molecule has 1 aromatic carbocycles. The van der Waals surface area contributed by atoms with Gasteiger partial charge in [0.05, 0.1) is 12.8 Å². The lowest BCUT2D eigenvalue weighted by molar-refractivity contribution is 0.101. The molecule has 1 aromatic heterocycles. The molecule has 1 heterocycles. The Labute approximate surface area is 109 Å². The third kappa shape index (κ3) is 2.46. The molecule has 0 aliphatic carbocycles. The number of anilines is 1. The summed E-state index contributed by atoms with van der Waals surface area (Å²) in [6.45, 7) is 0. The average molecular weight is 266 g/mol. The summed E-state index contributed by atoms with van der Waals surface area (Å²) in [6.07, 6.45) is 3.26. The number of methoxy groups -OCH3 is 1. The molecule has 0 unspecified atom stereocenters. The highest BCUT2D eigenvalue weighted by molar-refractivity contribution is 6.31. The third-order valence-corrected chi connectivity index (χ3v) is 2.67. The molecule has 18 heavy (non-hydrogen) atoms. The van der Waals surface area contributed by atoms with Crippen molar-refractivity contribution in [2.75, 3.05) is 12.4 Å². The van der Waals surface area contributed by atoms with Gasteiger partial charge < -0.3 is 14.6 Å². The zero-order valence-corrected chi connectivity index (χ0v) is 10.7. The maximum absolute atomic E-state index is 12.0. The summed E-state index contributed by atoms with van der Waals surface area (Å²) in [5.41, 5.74) is 0.512. The predicted molar refractivity (Wildman–Crippen MR) is 69.2 cm³/mol. The predicted octanol–water partition coefficient (Wildman–Crippen LogP) is 2.33. The van der Waals surface area contributed by atoms with Crippen LogP contribution < -0.4 is 10.1 Å². The van der Waals surface area contributed by atoms with Gasteiger partial charge in [0.1, 0.15) is 5.75 Å². The molecule has 0 aliphatic heterocycles. The molecule has 94 valence electrons. The number of ether oxygens (including phenoxy) is 1. The van der Waals surface area contributed by atoms with Gasteiger partial charge in [0.2, 0.25) is 0 Å². The second-order valence-electron chi connectivity index (χ2n) is 3.66. The summed E-state index contributed by atoms with van der Waals surface area (Å²) < 4.78 is 6.78. The van der Waals surface area contributed by atoms with E-state index < -0.39 is 0 Å². The Morgan fingerprint density at radius 1 is 1.50 bits per heavy atom. The van der Waals surface area contributed by atoms with E-state index in [0.29, 0.717) is 22.3 Å². The lowest BCUT2D eigenvalue weighted by Gasteiger charge is -2.10. The molecule has 1 N–H and O–H groups in total. The fraction of sp³-hybridized carbons (Fsp3) is 0.167. The van der Waals surface area contributed by atoms with Gasteiger partial charge in [0.15, 0.2) is 5.82 Å². The van der Waals surface area contributed by atoms with Crippen LogP contribution in [0, 0.1) is 0 Å². The van der Waals surface area contributed by atoms with Gasteiger partial charge in [0, 0.05) is 24.5 Å². The lowest BCUT2D eigenvalue weighted by atomic mass is 10.3. The normalized spacial score (nSPS) is 10.2. The number of aromatic nitrogens is 2. The topological polar surface area (TPSA) is 56.1 Å². The van der Waals surface area contributed by atoms with E-state index in [1.54, 1.807) is 42.2 Å². The summed E-state index contributed by atoms with van der Waals surface area (Å²) in [7, 11) is 3.27. The van der Waals surface area contributed by atoms with E-state index in [0.717, 1.165) is 0 Å². The quantitative estimate of drug-likeness (QED) is 0.927. The van der Waals surface area contributed by atoms with Gasteiger partial charge in [-0.25, -0.2) is 4.98 Å². The van der Waals surface area contributed by atoms with Crippen molar-refractivity contribution < 1.29 is 9.53 Å². The average Bonchev–Trinajstić information content (AvgIpc) is 2.76. The number of imidazole rings is 1. The standard InChI is InChI=1S/C12H12ClN3O2/c1-16-6-5-14-11(16)12(17)15-9-7-8(13)3-4-10(9)18-2/h3-7H,1-2H3,(H,15,17). The lowest BCUT2D eigenvalue weighted by Crippen LogP contribution is -2.17. The number of hydrogen-bond acceptors (Lipinski definition) is 3. The van der Waals surface area contributed by atoms with E-state index >= 15 is 0 Å². The number of halogens is 1. The summed E-state index contributed by atoms with van der Waals surface area (Å²) in [4.78, 5) is 15.9. The van der Waals surface area contributed by atoms with Gasteiger partial charge in [-0.3, -0.25) is 4.79 Å². The Kier molecular flexibility index (Phi) is 3.53. The maximum atomic E-state index is 12.0. The molecule has 6 heteroatoms. The molecular weight excluding hydrogens is 254 g/mol. The fourth-order valence-electron chi connectivity index (χ4n) is 1.54. The number of hydrogen-bond donors (Lipinski definition) is 1. The minimum absolute atomic E-state index is 0.317. The summed E-state index contributed by atoms with van der Waals surface area (Å²) in [5.74, 6) is 0.544. The van der Waals surface area contributed by atoms with Crippen molar-refractivity contribution in [3.05, 3.63) is 41.4 Å². The number of aryl methyl sites for hydroxylation is 1. The van der Waals surface area contributed by atoms with Crippen LogP contribution >= 0.6 is 11.6 Å². The highest BCUT2D eigenvalue weighted by atomic mass is 35.5. The minimum atomic E-state index is -0.317. The highest BCUT2D eigenvalue weighted by Crippen LogP contribution is 2.27. The Morgan fingerprint density at radius 3 is 2.89 bits per heavy atom. The Morgan fingerprint density at radius 2 is 2.28 bits per heavy atom. The van der Waals surface area contributed by atoms with Crippen LogP contribution in [0.4, 0.5) is 5.69 Å². The van der Waals surface area contributed by atoms with Gasteiger partial charge in [0.25, 0.3) is 5.91 Å². The summed E-state index contributed by atoms with van der Waals surface area (Å²) in [5, 5.41) is 3.23. The number of carbonyl (C=O) groups excluding carboxylic acids is 1. The smallest absolute Gasteiger partial charge is 0.291 e. The SMILES string of the molecule is COc1ccc(Cl)cc1NC(=O)c1nccn1C. The number of nitrogens with zero attached hydrogens (tertiary/aromatic N) is 2. The number of benzene rings is 1. The van der Waals surface area contributed by atoms with Crippen LogP contribution in [-0.2, 0) is 7.05 Å². The van der Waals surface area contributed by atoms with E-state index in [4.69, 9.17) is 16.3 Å². The molecule has 0 spiro atoms. The monoisotopic (exact) mass is 265 g/mol. The van der Waals surface area contributed by atoms with Crippen LogP contribution in [0.5, 0.6) is 5.75 Å². The number of carbonyl (C=O) groups is 1. The van der Waals surface area contributed by atoms with Crippen molar-refractivity contribution in [3.8, 4) is 5.75 Å². The van der Waals surface area contributed by atoms with Crippen molar-refractivity contribution in [1.29, 1.82) is 0 Å². The molecule has 5 nitrogen and oxygen atoms in total. The third-order valence-electron chi connectivity index (χ3n) is 2.43. The van der Waals surface area contributed by atoms with E-state index in [9.17, 15) is 4.79 Å². The molecule has 1 amide bonds. The van der Waals surface area contributed by atoms with Gasteiger partial charge in [-0.1, -0.05) is 11.6 Å². The first kappa shape index (κ1) is 12.4. The molecule has 0 saturated heterocycles. The fourth-order valence-corrected chi connectivity index (χ4v) is 1.71. The highest BCUT2D eigenvalue weighted by Gasteiger charge is 2.13. The first-order valence-electron chi connectivity index (χ1n) is 5.24. The first-order chi connectivity index (χ1) is 8.61. The molecule has 0 radical (unpaired) electrons. The zero-order chi connectivity index (χ0) is 13.1. The van der Waals surface area contributed by atoms with E-state index in [1.165, 1.54) is 7.11 Å². The van der Waals surface area contributed by atoms with E-state index in [-0.39, 0.29) is 5.91 Å². The zero-order valence-electron chi connectivity index (χ0n) is 9.98. The van der Waals surface area contributed by atoms with Crippen molar-refractivity contribution in [2.24, 2.45) is 7.05 Å².